The van der Waals surface area contributed by atoms with Gasteiger partial charge in [-0.3, -0.25) is 9.80 Å². The average molecular weight is 233 g/mol. The molecule has 1 atom stereocenters. The van der Waals surface area contributed by atoms with Crippen LogP contribution in [0.4, 0.5) is 0 Å². The van der Waals surface area contributed by atoms with Crippen LogP contribution in [0.1, 0.15) is 24.4 Å². The van der Waals surface area contributed by atoms with Gasteiger partial charge in [0.2, 0.25) is 5.91 Å². The second-order valence-electron chi connectivity index (χ2n) is 4.36. The van der Waals surface area contributed by atoms with Crippen LogP contribution in [0, 0.1) is 0 Å². The standard InChI is InChI=1S/C13H19N3O/c1-15-12(11-6-3-2-4-7-11)10-13(17)16(15)9-5-8-14/h2-4,6-7,12H,5,8-10,14H2,1H3. The first kappa shape index (κ1) is 12.1. The Kier molecular flexibility index (Phi) is 3.76. The Morgan fingerprint density at radius 2 is 2.06 bits per heavy atom. The third kappa shape index (κ3) is 2.48. The number of carbonyl (C=O) groups is 1. The third-order valence-electron chi connectivity index (χ3n) is 3.25. The molecule has 1 unspecified atom stereocenters. The average Bonchev–Trinajstić information content (AvgIpc) is 2.64. The van der Waals surface area contributed by atoms with Gasteiger partial charge < -0.3 is 5.73 Å². The lowest BCUT2D eigenvalue weighted by molar-refractivity contribution is -0.137. The zero-order valence-electron chi connectivity index (χ0n) is 10.2. The van der Waals surface area contributed by atoms with Crippen LogP contribution >= 0.6 is 0 Å². The van der Waals surface area contributed by atoms with Gasteiger partial charge in [-0.15, -0.1) is 0 Å². The van der Waals surface area contributed by atoms with Gasteiger partial charge in [0.15, 0.2) is 0 Å². The smallest absolute Gasteiger partial charge is 0.238 e. The zero-order valence-corrected chi connectivity index (χ0v) is 10.2. The maximum absolute atomic E-state index is 11.9. The van der Waals surface area contributed by atoms with Crippen LogP contribution in [0.25, 0.3) is 0 Å². The summed E-state index contributed by atoms with van der Waals surface area (Å²) in [4.78, 5) is 11.9. The number of hydrogen-bond donors (Lipinski definition) is 1. The molecule has 2 rings (SSSR count). The number of nitrogens with two attached hydrogens (primary N) is 1. The molecule has 0 aliphatic carbocycles. The van der Waals surface area contributed by atoms with E-state index in [-0.39, 0.29) is 11.9 Å². The monoisotopic (exact) mass is 233 g/mol. The molecule has 0 spiro atoms. The van der Waals surface area contributed by atoms with Gasteiger partial charge in [-0.2, -0.15) is 0 Å². The lowest BCUT2D eigenvalue weighted by atomic mass is 10.1. The Morgan fingerprint density at radius 1 is 1.35 bits per heavy atom. The topological polar surface area (TPSA) is 49.6 Å². The number of amides is 1. The first-order valence-electron chi connectivity index (χ1n) is 6.02. The van der Waals surface area contributed by atoms with Gasteiger partial charge in [0.25, 0.3) is 0 Å². The van der Waals surface area contributed by atoms with E-state index < -0.39 is 0 Å². The number of benzene rings is 1. The second-order valence-corrected chi connectivity index (χ2v) is 4.36. The van der Waals surface area contributed by atoms with Crippen molar-refractivity contribution in [1.29, 1.82) is 0 Å². The zero-order chi connectivity index (χ0) is 12.3. The van der Waals surface area contributed by atoms with E-state index in [1.54, 1.807) is 0 Å². The molecule has 1 fully saturated rings. The molecule has 1 saturated heterocycles. The molecule has 0 aromatic heterocycles. The van der Waals surface area contributed by atoms with Gasteiger partial charge in [-0.05, 0) is 18.5 Å². The molecule has 17 heavy (non-hydrogen) atoms. The van der Waals surface area contributed by atoms with E-state index >= 15 is 0 Å². The van der Waals surface area contributed by atoms with Crippen molar-refractivity contribution < 1.29 is 4.79 Å². The quantitative estimate of drug-likeness (QED) is 0.849. The fourth-order valence-corrected chi connectivity index (χ4v) is 2.28. The number of nitrogens with zero attached hydrogens (tertiary/aromatic N) is 2. The molecular formula is C13H19N3O. The highest BCUT2D eigenvalue weighted by Gasteiger charge is 2.35. The van der Waals surface area contributed by atoms with E-state index in [0.717, 1.165) is 13.0 Å². The molecule has 1 heterocycles. The molecule has 1 aliphatic rings. The Bertz CT molecular complexity index is 380. The highest BCUT2D eigenvalue weighted by atomic mass is 16.2. The lowest BCUT2D eigenvalue weighted by Gasteiger charge is -2.28. The Balaban J connectivity index is 2.10. The summed E-state index contributed by atoms with van der Waals surface area (Å²) in [6.45, 7) is 1.34. The minimum Gasteiger partial charge on any atom is -0.330 e. The summed E-state index contributed by atoms with van der Waals surface area (Å²) in [5.41, 5.74) is 6.68. The van der Waals surface area contributed by atoms with E-state index in [1.807, 2.05) is 35.3 Å². The summed E-state index contributed by atoms with van der Waals surface area (Å²) >= 11 is 0. The molecule has 2 N–H and O–H groups in total. The second kappa shape index (κ2) is 5.29. The maximum Gasteiger partial charge on any atom is 0.238 e. The fraction of sp³-hybridized carbons (Fsp3) is 0.462. The number of hydrogen-bond acceptors (Lipinski definition) is 3. The van der Waals surface area contributed by atoms with Crippen LogP contribution in [0.15, 0.2) is 30.3 Å². The van der Waals surface area contributed by atoms with Gasteiger partial charge in [0.1, 0.15) is 0 Å². The predicted molar refractivity (Wildman–Crippen MR) is 66.9 cm³/mol. The normalized spacial score (nSPS) is 21.2. The minimum atomic E-state index is 0.168. The van der Waals surface area contributed by atoms with E-state index in [1.165, 1.54) is 5.56 Å². The summed E-state index contributed by atoms with van der Waals surface area (Å²) in [6, 6.07) is 10.3. The highest BCUT2D eigenvalue weighted by molar-refractivity contribution is 5.78. The van der Waals surface area contributed by atoms with Gasteiger partial charge in [0.05, 0.1) is 6.04 Å². The summed E-state index contributed by atoms with van der Waals surface area (Å²) in [5.74, 6) is 0.190. The van der Waals surface area contributed by atoms with Crippen molar-refractivity contribution in [2.75, 3.05) is 20.1 Å². The molecule has 0 saturated carbocycles. The van der Waals surface area contributed by atoms with Gasteiger partial charge in [0, 0.05) is 20.0 Å². The van der Waals surface area contributed by atoms with Crippen LogP contribution in [-0.2, 0) is 4.79 Å². The van der Waals surface area contributed by atoms with E-state index in [9.17, 15) is 4.79 Å². The molecule has 1 aromatic carbocycles. The van der Waals surface area contributed by atoms with Crippen LogP contribution < -0.4 is 5.73 Å². The van der Waals surface area contributed by atoms with Crippen molar-refractivity contribution >= 4 is 5.91 Å². The molecule has 4 nitrogen and oxygen atoms in total. The SMILES string of the molecule is CN1C(c2ccccc2)CC(=O)N1CCCN. The van der Waals surface area contributed by atoms with E-state index in [4.69, 9.17) is 5.73 Å². The fourth-order valence-electron chi connectivity index (χ4n) is 2.28. The van der Waals surface area contributed by atoms with Crippen molar-refractivity contribution in [1.82, 2.24) is 10.0 Å². The van der Waals surface area contributed by atoms with Crippen molar-refractivity contribution in [3.63, 3.8) is 0 Å². The van der Waals surface area contributed by atoms with Crippen LogP contribution in [0.2, 0.25) is 0 Å². The number of hydrazine groups is 1. The lowest BCUT2D eigenvalue weighted by Crippen LogP contribution is -2.38. The van der Waals surface area contributed by atoms with Gasteiger partial charge in [-0.1, -0.05) is 30.3 Å². The third-order valence-corrected chi connectivity index (χ3v) is 3.25. The molecular weight excluding hydrogens is 214 g/mol. The molecule has 0 bridgehead atoms. The Labute approximate surface area is 102 Å². The molecule has 1 amide bonds. The summed E-state index contributed by atoms with van der Waals surface area (Å²) in [7, 11) is 1.97. The van der Waals surface area contributed by atoms with Gasteiger partial charge >= 0.3 is 0 Å². The molecule has 1 aliphatic heterocycles. The minimum absolute atomic E-state index is 0.168. The summed E-state index contributed by atoms with van der Waals surface area (Å²) in [5, 5.41) is 3.85. The highest BCUT2D eigenvalue weighted by Crippen LogP contribution is 2.31. The van der Waals surface area contributed by atoms with E-state index in [2.05, 4.69) is 12.1 Å². The predicted octanol–water partition coefficient (Wildman–Crippen LogP) is 1.16. The first-order valence-corrected chi connectivity index (χ1v) is 6.02. The molecule has 92 valence electrons. The van der Waals surface area contributed by atoms with Crippen molar-refractivity contribution in [2.45, 2.75) is 18.9 Å². The molecule has 0 radical (unpaired) electrons. The maximum atomic E-state index is 11.9. The first-order chi connectivity index (χ1) is 8.24. The summed E-state index contributed by atoms with van der Waals surface area (Å²) in [6.07, 6.45) is 1.41. The largest absolute Gasteiger partial charge is 0.330 e. The van der Waals surface area contributed by atoms with Crippen LogP contribution in [0.5, 0.6) is 0 Å². The van der Waals surface area contributed by atoms with Crippen LogP contribution in [-0.4, -0.2) is 36.1 Å². The van der Waals surface area contributed by atoms with Crippen molar-refractivity contribution in [3.8, 4) is 0 Å². The van der Waals surface area contributed by atoms with Crippen LogP contribution in [0.3, 0.4) is 0 Å². The number of rotatable bonds is 4. The van der Waals surface area contributed by atoms with Crippen molar-refractivity contribution in [2.24, 2.45) is 5.73 Å². The summed E-state index contributed by atoms with van der Waals surface area (Å²) < 4.78 is 0. The number of carbonyl (C=O) groups excluding carboxylic acids is 1. The molecule has 4 heteroatoms. The Hall–Kier alpha value is -1.39. The van der Waals surface area contributed by atoms with Gasteiger partial charge in [-0.25, -0.2) is 5.01 Å². The van der Waals surface area contributed by atoms with E-state index in [0.29, 0.717) is 13.0 Å². The van der Waals surface area contributed by atoms with Crippen molar-refractivity contribution in [3.05, 3.63) is 35.9 Å². The molecule has 1 aromatic rings. The Morgan fingerprint density at radius 3 is 2.71 bits per heavy atom.